The first kappa shape index (κ1) is 12.8. The number of anilines is 1. The van der Waals surface area contributed by atoms with E-state index in [1.807, 2.05) is 31.2 Å². The maximum absolute atomic E-state index is 11.8. The highest BCUT2D eigenvalue weighted by Crippen LogP contribution is 2.36. The number of cyclic esters (lactones) is 1. The smallest absolute Gasteiger partial charge is 0.414 e. The van der Waals surface area contributed by atoms with E-state index in [0.717, 1.165) is 33.7 Å². The first-order valence-electron chi connectivity index (χ1n) is 7.02. The van der Waals surface area contributed by atoms with E-state index >= 15 is 0 Å². The van der Waals surface area contributed by atoms with E-state index in [-0.39, 0.29) is 12.2 Å². The number of amides is 1. The summed E-state index contributed by atoms with van der Waals surface area (Å²) in [5.74, 6) is 0.780. The van der Waals surface area contributed by atoms with Gasteiger partial charge in [0.15, 0.2) is 0 Å². The Kier molecular flexibility index (Phi) is 2.66. The van der Waals surface area contributed by atoms with Gasteiger partial charge in [-0.05, 0) is 31.2 Å². The van der Waals surface area contributed by atoms with Crippen LogP contribution in [0.3, 0.4) is 0 Å². The zero-order valence-corrected chi connectivity index (χ0v) is 12.2. The molecule has 3 aromatic rings. The third-order valence-electron chi connectivity index (χ3n) is 3.93. The number of carbonyl (C=O) groups is 1. The van der Waals surface area contributed by atoms with Crippen LogP contribution in [0.4, 0.5) is 10.5 Å². The molecule has 1 aliphatic rings. The van der Waals surface area contributed by atoms with Crippen LogP contribution in [0.5, 0.6) is 0 Å². The molecule has 0 saturated carbocycles. The first-order chi connectivity index (χ1) is 10.6. The van der Waals surface area contributed by atoms with Gasteiger partial charge in [-0.1, -0.05) is 0 Å². The molecule has 0 saturated heterocycles. The molecule has 1 aliphatic heterocycles. The van der Waals surface area contributed by atoms with Crippen LogP contribution < -0.4 is 4.90 Å². The topological polar surface area (TPSA) is 71.1 Å². The Morgan fingerprint density at radius 3 is 2.82 bits per heavy atom. The molecule has 0 aliphatic carbocycles. The van der Waals surface area contributed by atoms with Gasteiger partial charge in [-0.2, -0.15) is 0 Å². The molecule has 0 radical (unpaired) electrons. The third kappa shape index (κ3) is 1.84. The molecule has 1 unspecified atom stereocenters. The van der Waals surface area contributed by atoms with Crippen LogP contribution in [0.25, 0.3) is 22.4 Å². The van der Waals surface area contributed by atoms with Crippen molar-refractivity contribution in [1.29, 1.82) is 0 Å². The second-order valence-electron chi connectivity index (χ2n) is 5.33. The quantitative estimate of drug-likeness (QED) is 0.747. The van der Waals surface area contributed by atoms with Gasteiger partial charge >= 0.3 is 6.09 Å². The summed E-state index contributed by atoms with van der Waals surface area (Å²) < 4.78 is 5.31. The van der Waals surface area contributed by atoms with Crippen molar-refractivity contribution in [2.45, 2.75) is 13.0 Å². The molecule has 1 aromatic carbocycles. The van der Waals surface area contributed by atoms with Crippen molar-refractivity contribution in [3.8, 4) is 11.4 Å². The van der Waals surface area contributed by atoms with Crippen molar-refractivity contribution in [2.24, 2.45) is 0 Å². The fraction of sp³-hybridized carbons (Fsp3) is 0.188. The number of ether oxygens (including phenoxy) is 1. The summed E-state index contributed by atoms with van der Waals surface area (Å²) in [5.41, 5.74) is 4.52. The molecule has 0 bridgehead atoms. The van der Waals surface area contributed by atoms with Crippen molar-refractivity contribution in [3.05, 3.63) is 42.2 Å². The summed E-state index contributed by atoms with van der Waals surface area (Å²) in [5, 5.41) is 0. The number of imidazole rings is 1. The minimum absolute atomic E-state index is 0.268. The molecule has 6 heteroatoms. The summed E-state index contributed by atoms with van der Waals surface area (Å²) in [6, 6.07) is 7.72. The van der Waals surface area contributed by atoms with E-state index in [0.29, 0.717) is 0 Å². The Morgan fingerprint density at radius 2 is 2.05 bits per heavy atom. The standard InChI is InChI=1S/C16H14N4O2/c1-9-11-7-12-13(8-14(11)20(2)16(21)22-9)19-15(18-12)10-3-5-17-6-4-10/h3-9H,1-2H3,(H,18,19). The average Bonchev–Trinajstić information content (AvgIpc) is 2.95. The van der Waals surface area contributed by atoms with Crippen molar-refractivity contribution < 1.29 is 9.53 Å². The number of fused-ring (bicyclic) bond motifs is 2. The summed E-state index contributed by atoms with van der Waals surface area (Å²) in [7, 11) is 1.70. The second kappa shape index (κ2) is 4.56. The van der Waals surface area contributed by atoms with E-state index in [1.165, 1.54) is 4.90 Å². The molecule has 6 nitrogen and oxygen atoms in total. The highest BCUT2D eigenvalue weighted by Gasteiger charge is 2.28. The molecule has 4 rings (SSSR count). The summed E-state index contributed by atoms with van der Waals surface area (Å²) in [6.07, 6.45) is 2.85. The van der Waals surface area contributed by atoms with E-state index in [2.05, 4.69) is 15.0 Å². The van der Waals surface area contributed by atoms with Crippen LogP contribution in [-0.4, -0.2) is 28.1 Å². The molecule has 1 amide bonds. The van der Waals surface area contributed by atoms with Crippen molar-refractivity contribution in [2.75, 3.05) is 11.9 Å². The predicted molar refractivity (Wildman–Crippen MR) is 82.6 cm³/mol. The van der Waals surface area contributed by atoms with E-state index in [4.69, 9.17) is 4.74 Å². The number of nitrogens with one attached hydrogen (secondary N) is 1. The molecule has 3 heterocycles. The Hall–Kier alpha value is -2.89. The normalized spacial score (nSPS) is 17.5. The highest BCUT2D eigenvalue weighted by atomic mass is 16.6. The zero-order chi connectivity index (χ0) is 15.3. The second-order valence-corrected chi connectivity index (χ2v) is 5.33. The molecule has 2 aromatic heterocycles. The molecular weight excluding hydrogens is 280 g/mol. The van der Waals surface area contributed by atoms with Crippen LogP contribution in [0.1, 0.15) is 18.6 Å². The lowest BCUT2D eigenvalue weighted by molar-refractivity contribution is 0.109. The Balaban J connectivity index is 1.90. The molecule has 0 fully saturated rings. The maximum atomic E-state index is 11.8. The number of hydrogen-bond donors (Lipinski definition) is 1. The van der Waals surface area contributed by atoms with Gasteiger partial charge in [0.2, 0.25) is 0 Å². The van der Waals surface area contributed by atoms with Gasteiger partial charge in [-0.3, -0.25) is 9.88 Å². The number of pyridine rings is 1. The lowest BCUT2D eigenvalue weighted by Crippen LogP contribution is -2.33. The maximum Gasteiger partial charge on any atom is 0.414 e. The number of benzene rings is 1. The molecule has 110 valence electrons. The van der Waals surface area contributed by atoms with Crippen LogP contribution in [0.2, 0.25) is 0 Å². The van der Waals surface area contributed by atoms with E-state index in [9.17, 15) is 4.79 Å². The van der Waals surface area contributed by atoms with Gasteiger partial charge in [0.1, 0.15) is 11.9 Å². The van der Waals surface area contributed by atoms with Gasteiger partial charge in [-0.25, -0.2) is 9.78 Å². The number of nitrogens with zero attached hydrogens (tertiary/aromatic N) is 3. The number of H-pyrrole nitrogens is 1. The molecular formula is C16H14N4O2. The van der Waals surface area contributed by atoms with Gasteiger partial charge < -0.3 is 9.72 Å². The predicted octanol–water partition coefficient (Wildman–Crippen LogP) is 3.27. The molecule has 0 spiro atoms. The number of carbonyl (C=O) groups excluding carboxylic acids is 1. The van der Waals surface area contributed by atoms with Crippen molar-refractivity contribution in [3.63, 3.8) is 0 Å². The third-order valence-corrected chi connectivity index (χ3v) is 3.93. The molecule has 1 atom stereocenters. The van der Waals surface area contributed by atoms with Crippen molar-refractivity contribution >= 4 is 22.8 Å². The first-order valence-corrected chi connectivity index (χ1v) is 7.02. The highest BCUT2D eigenvalue weighted by molar-refractivity contribution is 5.94. The van der Waals surface area contributed by atoms with Crippen LogP contribution in [0, 0.1) is 0 Å². The van der Waals surface area contributed by atoms with Crippen LogP contribution in [-0.2, 0) is 4.74 Å². The largest absolute Gasteiger partial charge is 0.441 e. The Morgan fingerprint density at radius 1 is 1.27 bits per heavy atom. The van der Waals surface area contributed by atoms with Crippen molar-refractivity contribution in [1.82, 2.24) is 15.0 Å². The number of aromatic nitrogens is 3. The van der Waals surface area contributed by atoms with Gasteiger partial charge in [0.05, 0.1) is 16.7 Å². The number of aromatic amines is 1. The molecule has 1 N–H and O–H groups in total. The Labute approximate surface area is 126 Å². The lowest BCUT2D eigenvalue weighted by Gasteiger charge is -2.29. The van der Waals surface area contributed by atoms with Gasteiger partial charge in [0.25, 0.3) is 0 Å². The minimum atomic E-state index is -0.343. The van der Waals surface area contributed by atoms with E-state index < -0.39 is 0 Å². The zero-order valence-electron chi connectivity index (χ0n) is 12.2. The summed E-state index contributed by atoms with van der Waals surface area (Å²) in [6.45, 7) is 1.87. The fourth-order valence-electron chi connectivity index (χ4n) is 2.72. The minimum Gasteiger partial charge on any atom is -0.441 e. The SMILES string of the molecule is CC1OC(=O)N(C)c2cc3nc(-c4ccncc4)[nH]c3cc21. The molecule has 22 heavy (non-hydrogen) atoms. The average molecular weight is 294 g/mol. The van der Waals surface area contributed by atoms with Gasteiger partial charge in [0, 0.05) is 30.6 Å². The number of hydrogen-bond acceptors (Lipinski definition) is 4. The van der Waals surface area contributed by atoms with Crippen LogP contribution >= 0.6 is 0 Å². The fourth-order valence-corrected chi connectivity index (χ4v) is 2.72. The summed E-state index contributed by atoms with van der Waals surface area (Å²) >= 11 is 0. The number of rotatable bonds is 1. The lowest BCUT2D eigenvalue weighted by atomic mass is 10.1. The van der Waals surface area contributed by atoms with Crippen LogP contribution in [0.15, 0.2) is 36.7 Å². The Bertz CT molecular complexity index is 872. The summed E-state index contributed by atoms with van der Waals surface area (Å²) in [4.78, 5) is 25.2. The van der Waals surface area contributed by atoms with Gasteiger partial charge in [-0.15, -0.1) is 0 Å². The van der Waals surface area contributed by atoms with E-state index in [1.54, 1.807) is 19.4 Å². The monoisotopic (exact) mass is 294 g/mol.